The number of aromatic nitrogens is 3. The van der Waals surface area contributed by atoms with Crippen LogP contribution in [0.3, 0.4) is 0 Å². The summed E-state index contributed by atoms with van der Waals surface area (Å²) in [5.74, 6) is 0. The van der Waals surface area contributed by atoms with Gasteiger partial charge < -0.3 is 5.32 Å². The van der Waals surface area contributed by atoms with Crippen molar-refractivity contribution in [2.45, 2.75) is 5.37 Å². The van der Waals surface area contributed by atoms with Crippen LogP contribution >= 0.6 is 23.1 Å². The number of thiazole rings is 1. The van der Waals surface area contributed by atoms with Gasteiger partial charge in [-0.3, -0.25) is 9.97 Å². The number of rotatable bonds is 6. The second-order valence-electron chi connectivity index (χ2n) is 12.9. The first-order chi connectivity index (χ1) is 25.8. The van der Waals surface area contributed by atoms with Gasteiger partial charge in [-0.25, -0.2) is 4.98 Å². The number of fused-ring (bicyclic) bond motifs is 3. The van der Waals surface area contributed by atoms with Gasteiger partial charge in [0, 0.05) is 30.2 Å². The summed E-state index contributed by atoms with van der Waals surface area (Å²) in [4.78, 5) is 14.1. The molecule has 3 aromatic heterocycles. The van der Waals surface area contributed by atoms with Gasteiger partial charge in [0.1, 0.15) is 10.4 Å². The molecule has 246 valence electrons. The Labute approximate surface area is 309 Å². The monoisotopic (exact) mass is 702 g/mol. The maximum absolute atomic E-state index is 4.79. The second kappa shape index (κ2) is 12.9. The van der Waals surface area contributed by atoms with E-state index < -0.39 is 0 Å². The summed E-state index contributed by atoms with van der Waals surface area (Å²) in [5.41, 5.74) is 11.4. The van der Waals surface area contributed by atoms with Crippen LogP contribution in [0.2, 0.25) is 0 Å². The summed E-state index contributed by atoms with van der Waals surface area (Å²) in [7, 11) is 0. The third kappa shape index (κ3) is 5.35. The van der Waals surface area contributed by atoms with Crippen molar-refractivity contribution in [1.82, 2.24) is 20.3 Å². The molecule has 1 aliphatic heterocycles. The second-order valence-corrected chi connectivity index (χ2v) is 14.8. The molecule has 0 spiro atoms. The van der Waals surface area contributed by atoms with Crippen molar-refractivity contribution in [3.63, 3.8) is 0 Å². The van der Waals surface area contributed by atoms with Crippen LogP contribution in [0.1, 0.15) is 11.1 Å². The van der Waals surface area contributed by atoms with Crippen LogP contribution in [0.15, 0.2) is 169 Å². The highest BCUT2D eigenvalue weighted by Gasteiger charge is 2.21. The Kier molecular flexibility index (Phi) is 7.63. The van der Waals surface area contributed by atoms with Crippen LogP contribution in [0, 0.1) is 0 Å². The molecule has 0 bridgehead atoms. The van der Waals surface area contributed by atoms with Gasteiger partial charge in [-0.2, -0.15) is 0 Å². The average molecular weight is 703 g/mol. The Balaban J connectivity index is 1.19. The van der Waals surface area contributed by atoms with E-state index in [9.17, 15) is 0 Å². The number of hydrogen-bond acceptors (Lipinski definition) is 6. The molecule has 0 radical (unpaired) electrons. The highest BCUT2D eigenvalue weighted by atomic mass is 32.2. The predicted octanol–water partition coefficient (Wildman–Crippen LogP) is 12.5. The fourth-order valence-electron chi connectivity index (χ4n) is 7.54. The number of nitrogens with zero attached hydrogens (tertiary/aromatic N) is 3. The minimum atomic E-state index is 0.0914. The Morgan fingerprint density at radius 1 is 0.500 bits per heavy atom. The van der Waals surface area contributed by atoms with Crippen molar-refractivity contribution in [1.29, 1.82) is 0 Å². The van der Waals surface area contributed by atoms with E-state index in [-0.39, 0.29) is 5.37 Å². The highest BCUT2D eigenvalue weighted by molar-refractivity contribution is 8.02. The van der Waals surface area contributed by atoms with Gasteiger partial charge in [-0.1, -0.05) is 103 Å². The molecule has 1 aliphatic rings. The Morgan fingerprint density at radius 2 is 1.19 bits per heavy atom. The number of nitrogens with one attached hydrogen (secondary N) is 1. The van der Waals surface area contributed by atoms with Crippen molar-refractivity contribution in [3.05, 3.63) is 175 Å². The van der Waals surface area contributed by atoms with Gasteiger partial charge in [0.25, 0.3) is 0 Å². The summed E-state index contributed by atoms with van der Waals surface area (Å²) in [6, 6.07) is 48.6. The summed E-state index contributed by atoms with van der Waals surface area (Å²) < 4.78 is 0. The quantitative estimate of drug-likeness (QED) is 0.175. The van der Waals surface area contributed by atoms with Gasteiger partial charge >= 0.3 is 0 Å². The van der Waals surface area contributed by atoms with E-state index >= 15 is 0 Å². The van der Waals surface area contributed by atoms with Gasteiger partial charge in [0.15, 0.2) is 0 Å². The molecular weight excluding hydrogens is 673 g/mol. The fraction of sp³-hybridized carbons (Fsp3) is 0.0217. The van der Waals surface area contributed by atoms with E-state index in [1.807, 2.05) is 30.2 Å². The fourth-order valence-corrected chi connectivity index (χ4v) is 8.88. The normalized spacial score (nSPS) is 14.0. The first kappa shape index (κ1) is 30.7. The molecule has 1 atom stereocenters. The molecule has 10 rings (SSSR count). The van der Waals surface area contributed by atoms with E-state index in [4.69, 9.17) is 9.97 Å². The summed E-state index contributed by atoms with van der Waals surface area (Å²) in [5, 5.41) is 15.8. The van der Waals surface area contributed by atoms with E-state index in [0.717, 1.165) is 27.5 Å². The van der Waals surface area contributed by atoms with Crippen LogP contribution in [-0.2, 0) is 0 Å². The highest BCUT2D eigenvalue weighted by Crippen LogP contribution is 2.46. The van der Waals surface area contributed by atoms with Crippen LogP contribution < -0.4 is 5.32 Å². The molecule has 1 N–H and O–H groups in total. The molecule has 6 heteroatoms. The van der Waals surface area contributed by atoms with Gasteiger partial charge in [0.05, 0.1) is 11.4 Å². The summed E-state index contributed by atoms with van der Waals surface area (Å²) in [6.45, 7) is 0. The molecule has 0 amide bonds. The largest absolute Gasteiger partial charge is 0.374 e. The standard InChI is InChI=1S/C46H30N4S2/c1-2-8-35-30(6-1)7-5-11-36(35)31-14-12-29(13-15-31)32-16-17-39-40(26-32)44(34-19-21-48-42(28-34)46-50-23-25-52-46)38-10-4-3-9-37(38)43(39)33-18-20-47-41(27-33)45-49-22-24-51-45/h1-28,46,50H. The molecule has 4 nitrogen and oxygen atoms in total. The summed E-state index contributed by atoms with van der Waals surface area (Å²) in [6.07, 6.45) is 7.68. The van der Waals surface area contributed by atoms with Crippen molar-refractivity contribution >= 4 is 55.4 Å². The molecule has 4 heterocycles. The molecule has 0 fully saturated rings. The maximum atomic E-state index is 4.79. The van der Waals surface area contributed by atoms with E-state index in [1.54, 1.807) is 23.1 Å². The number of benzene rings is 6. The molecular formula is C46H30N4S2. The number of pyridine rings is 2. The lowest BCUT2D eigenvalue weighted by Crippen LogP contribution is -2.08. The van der Waals surface area contributed by atoms with Gasteiger partial charge in [0.2, 0.25) is 0 Å². The molecule has 0 saturated heterocycles. The Hall–Kier alpha value is -6.08. The lowest BCUT2D eigenvalue weighted by molar-refractivity contribution is 0.828. The van der Waals surface area contributed by atoms with Crippen LogP contribution in [0.25, 0.3) is 87.5 Å². The molecule has 9 aromatic rings. The SMILES string of the molecule is C1=CSC(c2cc(-c3c4ccccc4c(-c4ccnc(-c5nccs5)c4)c4ccc(-c5ccc(-c6cccc7ccccc67)cc5)cc34)ccn2)N1. The van der Waals surface area contributed by atoms with E-state index in [2.05, 4.69) is 149 Å². The van der Waals surface area contributed by atoms with Crippen LogP contribution in [0.4, 0.5) is 0 Å². The third-order valence-corrected chi connectivity index (χ3v) is 11.7. The van der Waals surface area contributed by atoms with Gasteiger partial charge in [-0.05, 0) is 113 Å². The maximum Gasteiger partial charge on any atom is 0.141 e. The molecule has 0 aliphatic carbocycles. The molecule has 0 saturated carbocycles. The van der Waals surface area contributed by atoms with Crippen LogP contribution in [0.5, 0.6) is 0 Å². The minimum Gasteiger partial charge on any atom is -0.374 e. The van der Waals surface area contributed by atoms with Crippen LogP contribution in [-0.4, -0.2) is 15.0 Å². The zero-order chi connectivity index (χ0) is 34.4. The average Bonchev–Trinajstić information content (AvgIpc) is 3.96. The van der Waals surface area contributed by atoms with Crippen molar-refractivity contribution in [2.24, 2.45) is 0 Å². The Bertz CT molecular complexity index is 2790. The Morgan fingerprint density at radius 3 is 1.98 bits per heavy atom. The molecule has 1 unspecified atom stereocenters. The van der Waals surface area contributed by atoms with Gasteiger partial charge in [-0.15, -0.1) is 23.1 Å². The van der Waals surface area contributed by atoms with E-state index in [0.29, 0.717) is 0 Å². The zero-order valence-electron chi connectivity index (χ0n) is 27.9. The lowest BCUT2D eigenvalue weighted by atomic mass is 9.85. The lowest BCUT2D eigenvalue weighted by Gasteiger charge is -2.19. The first-order valence-electron chi connectivity index (χ1n) is 17.2. The van der Waals surface area contributed by atoms with Crippen molar-refractivity contribution < 1.29 is 0 Å². The smallest absolute Gasteiger partial charge is 0.141 e. The topological polar surface area (TPSA) is 50.7 Å². The summed E-state index contributed by atoms with van der Waals surface area (Å²) >= 11 is 3.35. The predicted molar refractivity (Wildman–Crippen MR) is 220 cm³/mol. The zero-order valence-corrected chi connectivity index (χ0v) is 29.5. The van der Waals surface area contributed by atoms with Crippen molar-refractivity contribution in [2.75, 3.05) is 0 Å². The third-order valence-electron chi connectivity index (χ3n) is 9.91. The number of thioether (sulfide) groups is 1. The first-order valence-corrected chi connectivity index (χ1v) is 19.1. The minimum absolute atomic E-state index is 0.0914. The van der Waals surface area contributed by atoms with E-state index in [1.165, 1.54) is 65.7 Å². The molecule has 52 heavy (non-hydrogen) atoms. The molecule has 6 aromatic carbocycles. The number of hydrogen-bond donors (Lipinski definition) is 1. The van der Waals surface area contributed by atoms with Crippen molar-refractivity contribution in [3.8, 4) is 55.2 Å².